The van der Waals surface area contributed by atoms with Crippen LogP contribution in [0.15, 0.2) is 0 Å². The van der Waals surface area contributed by atoms with Crippen LogP contribution in [0.3, 0.4) is 0 Å². The molecule has 0 spiro atoms. The summed E-state index contributed by atoms with van der Waals surface area (Å²) in [5.74, 6) is 0. The fourth-order valence-corrected chi connectivity index (χ4v) is 1.27. The summed E-state index contributed by atoms with van der Waals surface area (Å²) in [6.07, 6.45) is 1.10. The van der Waals surface area contributed by atoms with E-state index in [9.17, 15) is 0 Å². The van der Waals surface area contributed by atoms with Gasteiger partial charge < -0.3 is 10.1 Å². The third-order valence-electron chi connectivity index (χ3n) is 2.06. The Labute approximate surface area is 67.3 Å². The molecule has 0 aromatic carbocycles. The fraction of sp³-hybridized carbons (Fsp3) is 0.875. The largest absolute Gasteiger partial charge is 0.381 e. The monoisotopic (exact) mass is 154 g/mol. The smallest absolute Gasteiger partial charge is 0.0841 e. The first-order valence-corrected chi connectivity index (χ1v) is 3.92. The van der Waals surface area contributed by atoms with Gasteiger partial charge in [0, 0.05) is 18.6 Å². The molecular weight excluding hydrogens is 140 g/mol. The lowest BCUT2D eigenvalue weighted by Gasteiger charge is -2.20. The zero-order valence-corrected chi connectivity index (χ0v) is 6.89. The van der Waals surface area contributed by atoms with E-state index in [1.54, 1.807) is 0 Å². The maximum atomic E-state index is 8.28. The number of rotatable bonds is 3. The molecule has 0 radical (unpaired) electrons. The Morgan fingerprint density at radius 3 is 3.09 bits per heavy atom. The van der Waals surface area contributed by atoms with Crippen LogP contribution in [0.2, 0.25) is 0 Å². The van der Waals surface area contributed by atoms with Gasteiger partial charge in [-0.3, -0.25) is 0 Å². The number of hydrogen-bond acceptors (Lipinski definition) is 3. The summed E-state index contributed by atoms with van der Waals surface area (Å²) in [6.45, 7) is 5.21. The van der Waals surface area contributed by atoms with Gasteiger partial charge in [-0.05, 0) is 6.42 Å². The van der Waals surface area contributed by atoms with Crippen LogP contribution in [0.25, 0.3) is 0 Å². The summed E-state index contributed by atoms with van der Waals surface area (Å²) in [4.78, 5) is 0. The average molecular weight is 154 g/mol. The maximum absolute atomic E-state index is 8.28. The van der Waals surface area contributed by atoms with Crippen LogP contribution in [0.4, 0.5) is 0 Å². The molecule has 3 nitrogen and oxygen atoms in total. The first kappa shape index (κ1) is 8.51. The van der Waals surface area contributed by atoms with Crippen molar-refractivity contribution in [3.8, 4) is 6.07 Å². The molecule has 0 bridgehead atoms. The molecule has 1 N–H and O–H groups in total. The Bertz CT molecular complexity index is 156. The zero-order chi connectivity index (χ0) is 8.16. The second kappa shape index (κ2) is 3.70. The van der Waals surface area contributed by atoms with Gasteiger partial charge in [-0.2, -0.15) is 5.26 Å². The van der Waals surface area contributed by atoms with Crippen molar-refractivity contribution in [2.24, 2.45) is 5.41 Å². The highest BCUT2D eigenvalue weighted by atomic mass is 16.5. The van der Waals surface area contributed by atoms with Gasteiger partial charge in [-0.15, -0.1) is 0 Å². The summed E-state index contributed by atoms with van der Waals surface area (Å²) in [5, 5.41) is 11.4. The molecule has 1 rings (SSSR count). The first-order chi connectivity index (χ1) is 5.27. The Balaban J connectivity index is 2.19. The third-order valence-corrected chi connectivity index (χ3v) is 2.06. The maximum Gasteiger partial charge on any atom is 0.0841 e. The summed E-state index contributed by atoms with van der Waals surface area (Å²) >= 11 is 0. The van der Waals surface area contributed by atoms with Crippen molar-refractivity contribution in [2.45, 2.75) is 13.3 Å². The van der Waals surface area contributed by atoms with Crippen LogP contribution in [0.1, 0.15) is 13.3 Å². The third kappa shape index (κ3) is 2.49. The van der Waals surface area contributed by atoms with E-state index in [0.29, 0.717) is 6.54 Å². The van der Waals surface area contributed by atoms with E-state index in [1.807, 2.05) is 0 Å². The molecule has 0 saturated carbocycles. The lowest BCUT2D eigenvalue weighted by atomic mass is 9.90. The molecule has 0 aromatic heterocycles. The molecule has 1 unspecified atom stereocenters. The molecule has 0 aromatic rings. The summed E-state index contributed by atoms with van der Waals surface area (Å²) in [5.41, 5.74) is 0.261. The summed E-state index contributed by atoms with van der Waals surface area (Å²) < 4.78 is 5.27. The minimum atomic E-state index is 0.261. The SMILES string of the molecule is CC1(CNCC#N)CCOC1. The Kier molecular flexibility index (Phi) is 2.86. The molecule has 3 heteroatoms. The van der Waals surface area contributed by atoms with Crippen molar-refractivity contribution in [1.82, 2.24) is 5.32 Å². The second-order valence-corrected chi connectivity index (χ2v) is 3.37. The fourth-order valence-electron chi connectivity index (χ4n) is 1.27. The lowest BCUT2D eigenvalue weighted by Crippen LogP contribution is -2.32. The number of nitrogens with zero attached hydrogens (tertiary/aromatic N) is 1. The Morgan fingerprint density at radius 1 is 1.73 bits per heavy atom. The normalized spacial score (nSPS) is 30.2. The molecule has 1 atom stereocenters. The second-order valence-electron chi connectivity index (χ2n) is 3.37. The minimum absolute atomic E-state index is 0.261. The highest BCUT2D eigenvalue weighted by molar-refractivity contribution is 4.83. The van der Waals surface area contributed by atoms with Crippen molar-refractivity contribution in [1.29, 1.82) is 5.26 Å². The van der Waals surface area contributed by atoms with Crippen molar-refractivity contribution >= 4 is 0 Å². The van der Waals surface area contributed by atoms with E-state index in [1.165, 1.54) is 0 Å². The standard InChI is InChI=1S/C8H14N2O/c1-8(2-5-11-7-8)6-10-4-3-9/h10H,2,4-7H2,1H3. The number of nitriles is 1. The van der Waals surface area contributed by atoms with Gasteiger partial charge in [0.25, 0.3) is 0 Å². The van der Waals surface area contributed by atoms with Crippen LogP contribution < -0.4 is 5.32 Å². The van der Waals surface area contributed by atoms with E-state index in [0.717, 1.165) is 26.2 Å². The van der Waals surface area contributed by atoms with Crippen LogP contribution in [0, 0.1) is 16.7 Å². The highest BCUT2D eigenvalue weighted by Crippen LogP contribution is 2.26. The summed E-state index contributed by atoms with van der Waals surface area (Å²) in [7, 11) is 0. The molecular formula is C8H14N2O. The number of ether oxygens (including phenoxy) is 1. The molecule has 1 aliphatic heterocycles. The molecule has 1 heterocycles. The predicted molar refractivity (Wildman–Crippen MR) is 42.0 cm³/mol. The van der Waals surface area contributed by atoms with Crippen LogP contribution in [0.5, 0.6) is 0 Å². The number of hydrogen-bond donors (Lipinski definition) is 1. The van der Waals surface area contributed by atoms with Gasteiger partial charge in [0.15, 0.2) is 0 Å². The van der Waals surface area contributed by atoms with Crippen LogP contribution in [-0.2, 0) is 4.74 Å². The molecule has 1 fully saturated rings. The Morgan fingerprint density at radius 2 is 2.55 bits per heavy atom. The molecule has 0 aliphatic carbocycles. The Hall–Kier alpha value is -0.590. The van der Waals surface area contributed by atoms with E-state index in [-0.39, 0.29) is 5.41 Å². The van der Waals surface area contributed by atoms with Crippen molar-refractivity contribution < 1.29 is 4.74 Å². The minimum Gasteiger partial charge on any atom is -0.381 e. The molecule has 62 valence electrons. The van der Waals surface area contributed by atoms with Gasteiger partial charge in [0.05, 0.1) is 19.2 Å². The van der Waals surface area contributed by atoms with Crippen molar-refractivity contribution in [3.05, 3.63) is 0 Å². The quantitative estimate of drug-likeness (QED) is 0.476. The first-order valence-electron chi connectivity index (χ1n) is 3.92. The van der Waals surface area contributed by atoms with Gasteiger partial charge in [-0.25, -0.2) is 0 Å². The topological polar surface area (TPSA) is 45.0 Å². The number of nitrogens with one attached hydrogen (secondary N) is 1. The molecule has 1 saturated heterocycles. The molecule has 11 heavy (non-hydrogen) atoms. The summed E-state index contributed by atoms with van der Waals surface area (Å²) in [6, 6.07) is 2.06. The average Bonchev–Trinajstić information content (AvgIpc) is 2.38. The predicted octanol–water partition coefficient (Wildman–Crippen LogP) is 0.526. The highest BCUT2D eigenvalue weighted by Gasteiger charge is 2.28. The van der Waals surface area contributed by atoms with Gasteiger partial charge >= 0.3 is 0 Å². The lowest BCUT2D eigenvalue weighted by molar-refractivity contribution is 0.159. The van der Waals surface area contributed by atoms with E-state index < -0.39 is 0 Å². The van der Waals surface area contributed by atoms with E-state index in [4.69, 9.17) is 10.00 Å². The van der Waals surface area contributed by atoms with E-state index in [2.05, 4.69) is 18.3 Å². The molecule has 1 aliphatic rings. The van der Waals surface area contributed by atoms with Crippen LogP contribution in [-0.4, -0.2) is 26.3 Å². The van der Waals surface area contributed by atoms with Crippen molar-refractivity contribution in [2.75, 3.05) is 26.3 Å². The van der Waals surface area contributed by atoms with Gasteiger partial charge in [-0.1, -0.05) is 6.92 Å². The van der Waals surface area contributed by atoms with Crippen molar-refractivity contribution in [3.63, 3.8) is 0 Å². The van der Waals surface area contributed by atoms with E-state index >= 15 is 0 Å². The zero-order valence-electron chi connectivity index (χ0n) is 6.89. The van der Waals surface area contributed by atoms with Crippen LogP contribution >= 0.6 is 0 Å². The van der Waals surface area contributed by atoms with Gasteiger partial charge in [0.1, 0.15) is 0 Å². The molecule has 0 amide bonds. The van der Waals surface area contributed by atoms with Gasteiger partial charge in [0.2, 0.25) is 0 Å².